The lowest BCUT2D eigenvalue weighted by Crippen LogP contribution is -2.45. The maximum absolute atomic E-state index is 13.9. The van der Waals surface area contributed by atoms with Crippen molar-refractivity contribution in [2.45, 2.75) is 20.4 Å². The minimum Gasteiger partial charge on any atom is -0.354 e. The lowest BCUT2D eigenvalue weighted by atomic mass is 10.0. The highest BCUT2D eigenvalue weighted by molar-refractivity contribution is 6.33. The average Bonchev–Trinajstić information content (AvgIpc) is 2.89. The topological polar surface area (TPSA) is 88.0 Å². The van der Waals surface area contributed by atoms with E-state index in [-0.39, 0.29) is 5.56 Å². The molecular formula is C27H30ClN7O. The second-order valence-electron chi connectivity index (χ2n) is 8.97. The standard InChI is InChI=1S/C27H30ClN7O/c1-3-30-27-31-17-20-15-22(21-8-7-19(16-23(21)28)24-6-4-5-18(2)32-24)26(36)35(25(20)33-27)14-13-34-11-9-29-10-12-34/h4-8,15-17,29H,3,9-14H2,1-2H3,(H,30,31,33). The van der Waals surface area contributed by atoms with Crippen LogP contribution in [-0.2, 0) is 6.54 Å². The van der Waals surface area contributed by atoms with Gasteiger partial charge in [-0.25, -0.2) is 4.98 Å². The Bertz CT molecular complexity index is 1450. The maximum atomic E-state index is 13.9. The molecule has 0 spiro atoms. The molecule has 36 heavy (non-hydrogen) atoms. The Kier molecular flexibility index (Phi) is 7.27. The van der Waals surface area contributed by atoms with Crippen LogP contribution < -0.4 is 16.2 Å². The maximum Gasteiger partial charge on any atom is 0.260 e. The van der Waals surface area contributed by atoms with Crippen LogP contribution in [0.3, 0.4) is 0 Å². The van der Waals surface area contributed by atoms with E-state index in [4.69, 9.17) is 11.6 Å². The summed E-state index contributed by atoms with van der Waals surface area (Å²) in [6, 6.07) is 13.5. The van der Waals surface area contributed by atoms with E-state index in [1.807, 2.05) is 56.3 Å². The molecule has 1 aliphatic rings. The zero-order chi connectivity index (χ0) is 25.1. The monoisotopic (exact) mass is 503 g/mol. The van der Waals surface area contributed by atoms with Crippen molar-refractivity contribution >= 4 is 28.6 Å². The van der Waals surface area contributed by atoms with Crippen molar-refractivity contribution in [1.82, 2.24) is 29.7 Å². The summed E-state index contributed by atoms with van der Waals surface area (Å²) in [7, 11) is 0. The predicted octanol–water partition coefficient (Wildman–Crippen LogP) is 3.82. The van der Waals surface area contributed by atoms with Gasteiger partial charge in [0.15, 0.2) is 0 Å². The Balaban J connectivity index is 1.58. The molecule has 0 aliphatic carbocycles. The summed E-state index contributed by atoms with van der Waals surface area (Å²) in [5.74, 6) is 0.515. The molecule has 2 N–H and O–H groups in total. The minimum absolute atomic E-state index is 0.109. The Labute approximate surface area is 215 Å². The normalized spacial score (nSPS) is 14.3. The highest BCUT2D eigenvalue weighted by Crippen LogP contribution is 2.31. The van der Waals surface area contributed by atoms with Crippen LogP contribution in [0.25, 0.3) is 33.4 Å². The van der Waals surface area contributed by atoms with Crippen molar-refractivity contribution in [2.24, 2.45) is 0 Å². The van der Waals surface area contributed by atoms with Gasteiger partial charge in [0.05, 0.1) is 5.69 Å². The summed E-state index contributed by atoms with van der Waals surface area (Å²) in [5.41, 5.74) is 4.43. The number of benzene rings is 1. The van der Waals surface area contributed by atoms with Crippen LogP contribution in [-0.4, -0.2) is 63.7 Å². The summed E-state index contributed by atoms with van der Waals surface area (Å²) < 4.78 is 1.77. The Morgan fingerprint density at radius 2 is 1.89 bits per heavy atom. The molecular weight excluding hydrogens is 474 g/mol. The molecule has 4 aromatic rings. The average molecular weight is 504 g/mol. The van der Waals surface area contributed by atoms with Crippen LogP contribution in [0.5, 0.6) is 0 Å². The number of halogens is 1. The third-order valence-corrected chi connectivity index (χ3v) is 6.77. The molecule has 3 aromatic heterocycles. The van der Waals surface area contributed by atoms with Crippen molar-refractivity contribution in [2.75, 3.05) is 44.6 Å². The van der Waals surface area contributed by atoms with E-state index in [1.54, 1.807) is 10.8 Å². The molecule has 8 nitrogen and oxygen atoms in total. The molecule has 1 fully saturated rings. The fraction of sp³-hybridized carbons (Fsp3) is 0.333. The number of pyridine rings is 2. The molecule has 0 amide bonds. The van der Waals surface area contributed by atoms with Crippen molar-refractivity contribution < 1.29 is 0 Å². The van der Waals surface area contributed by atoms with Crippen molar-refractivity contribution in [3.05, 3.63) is 69.7 Å². The summed E-state index contributed by atoms with van der Waals surface area (Å²) >= 11 is 6.76. The van der Waals surface area contributed by atoms with Crippen LogP contribution in [0.15, 0.2) is 53.5 Å². The fourth-order valence-corrected chi connectivity index (χ4v) is 4.86. The molecule has 4 heterocycles. The number of hydrogen-bond acceptors (Lipinski definition) is 7. The van der Waals surface area contributed by atoms with Crippen molar-refractivity contribution in [1.29, 1.82) is 0 Å². The number of fused-ring (bicyclic) bond motifs is 1. The number of aromatic nitrogens is 4. The molecule has 1 aromatic carbocycles. The van der Waals surface area contributed by atoms with Gasteiger partial charge in [0.2, 0.25) is 5.95 Å². The van der Waals surface area contributed by atoms with Gasteiger partial charge in [-0.2, -0.15) is 4.98 Å². The second kappa shape index (κ2) is 10.7. The zero-order valence-corrected chi connectivity index (χ0v) is 21.3. The highest BCUT2D eigenvalue weighted by atomic mass is 35.5. The third kappa shape index (κ3) is 5.11. The molecule has 5 rings (SSSR count). The van der Waals surface area contributed by atoms with Gasteiger partial charge in [-0.1, -0.05) is 29.8 Å². The SMILES string of the molecule is CCNc1ncc2cc(-c3ccc(-c4cccc(C)n4)cc3Cl)c(=O)n(CCN3CCNCC3)c2n1. The van der Waals surface area contributed by atoms with E-state index in [0.717, 1.165) is 55.1 Å². The predicted molar refractivity (Wildman–Crippen MR) is 146 cm³/mol. The first kappa shape index (κ1) is 24.4. The lowest BCUT2D eigenvalue weighted by molar-refractivity contribution is 0.232. The highest BCUT2D eigenvalue weighted by Gasteiger charge is 2.18. The first-order valence-electron chi connectivity index (χ1n) is 12.3. The van der Waals surface area contributed by atoms with Crippen LogP contribution in [0.1, 0.15) is 12.6 Å². The molecule has 0 bridgehead atoms. The third-order valence-electron chi connectivity index (χ3n) is 6.45. The van der Waals surface area contributed by atoms with Gasteiger partial charge >= 0.3 is 0 Å². The van der Waals surface area contributed by atoms with Crippen LogP contribution in [0, 0.1) is 6.92 Å². The van der Waals surface area contributed by atoms with E-state index in [9.17, 15) is 4.79 Å². The van der Waals surface area contributed by atoms with E-state index >= 15 is 0 Å². The Hall–Kier alpha value is -3.33. The van der Waals surface area contributed by atoms with Crippen molar-refractivity contribution in [3.8, 4) is 22.4 Å². The van der Waals surface area contributed by atoms with Gasteiger partial charge in [-0.3, -0.25) is 19.2 Å². The first-order valence-corrected chi connectivity index (χ1v) is 12.7. The zero-order valence-electron chi connectivity index (χ0n) is 20.6. The van der Waals surface area contributed by atoms with Gasteiger partial charge in [0, 0.05) is 84.8 Å². The van der Waals surface area contributed by atoms with Gasteiger partial charge < -0.3 is 10.6 Å². The van der Waals surface area contributed by atoms with Gasteiger partial charge in [-0.05, 0) is 38.1 Å². The first-order chi connectivity index (χ1) is 17.5. The quantitative estimate of drug-likeness (QED) is 0.396. The van der Waals surface area contributed by atoms with E-state index in [2.05, 4.69) is 30.5 Å². The van der Waals surface area contributed by atoms with Gasteiger partial charge in [-0.15, -0.1) is 0 Å². The van der Waals surface area contributed by atoms with E-state index in [1.165, 1.54) is 0 Å². The minimum atomic E-state index is -0.109. The van der Waals surface area contributed by atoms with Crippen LogP contribution in [0.4, 0.5) is 5.95 Å². The fourth-order valence-electron chi connectivity index (χ4n) is 4.58. The number of aryl methyl sites for hydroxylation is 1. The second-order valence-corrected chi connectivity index (χ2v) is 9.38. The molecule has 1 aliphatic heterocycles. The van der Waals surface area contributed by atoms with E-state index in [0.29, 0.717) is 40.8 Å². The molecule has 0 saturated carbocycles. The molecule has 186 valence electrons. The number of nitrogens with zero attached hydrogens (tertiary/aromatic N) is 5. The lowest BCUT2D eigenvalue weighted by Gasteiger charge is -2.27. The largest absolute Gasteiger partial charge is 0.354 e. The summed E-state index contributed by atoms with van der Waals surface area (Å²) in [5, 5.41) is 7.83. The molecule has 0 radical (unpaired) electrons. The number of piperazine rings is 1. The smallest absolute Gasteiger partial charge is 0.260 e. The molecule has 1 saturated heterocycles. The number of anilines is 1. The summed E-state index contributed by atoms with van der Waals surface area (Å²) in [6.45, 7) is 9.80. The van der Waals surface area contributed by atoms with Gasteiger partial charge in [0.1, 0.15) is 5.65 Å². The van der Waals surface area contributed by atoms with Crippen LogP contribution in [0.2, 0.25) is 5.02 Å². The number of hydrogen-bond donors (Lipinski definition) is 2. The van der Waals surface area contributed by atoms with E-state index < -0.39 is 0 Å². The molecule has 0 unspecified atom stereocenters. The Morgan fingerprint density at radius 1 is 1.06 bits per heavy atom. The summed E-state index contributed by atoms with van der Waals surface area (Å²) in [4.78, 5) is 29.9. The number of nitrogens with one attached hydrogen (secondary N) is 2. The van der Waals surface area contributed by atoms with Gasteiger partial charge in [0.25, 0.3) is 5.56 Å². The van der Waals surface area contributed by atoms with Crippen molar-refractivity contribution in [3.63, 3.8) is 0 Å². The summed E-state index contributed by atoms with van der Waals surface area (Å²) in [6.07, 6.45) is 1.77. The molecule has 0 atom stereocenters. The number of rotatable bonds is 7. The van der Waals surface area contributed by atoms with Crippen LogP contribution >= 0.6 is 11.6 Å². The Morgan fingerprint density at radius 3 is 2.64 bits per heavy atom. The molecule has 9 heteroatoms.